The van der Waals surface area contributed by atoms with Crippen molar-refractivity contribution in [2.24, 2.45) is 5.73 Å². The molecule has 5 nitrogen and oxygen atoms in total. The Morgan fingerprint density at radius 1 is 1.50 bits per heavy atom. The van der Waals surface area contributed by atoms with Gasteiger partial charge in [-0.3, -0.25) is 4.79 Å². The Morgan fingerprint density at radius 2 is 2.08 bits per heavy atom. The molecule has 0 radical (unpaired) electrons. The van der Waals surface area contributed by atoms with Crippen LogP contribution in [0.4, 0.5) is 0 Å². The van der Waals surface area contributed by atoms with Gasteiger partial charge in [0.05, 0.1) is 0 Å². The molecule has 0 aliphatic heterocycles. The highest BCUT2D eigenvalue weighted by Crippen LogP contribution is 1.99. The van der Waals surface area contributed by atoms with Crippen LogP contribution >= 0.6 is 0 Å². The van der Waals surface area contributed by atoms with E-state index in [-0.39, 0.29) is 5.75 Å². The van der Waals surface area contributed by atoms with Crippen molar-refractivity contribution in [3.63, 3.8) is 0 Å². The van der Waals surface area contributed by atoms with Crippen molar-refractivity contribution in [1.29, 1.82) is 0 Å². The van der Waals surface area contributed by atoms with Crippen molar-refractivity contribution in [2.45, 2.75) is 25.3 Å². The lowest BCUT2D eigenvalue weighted by Gasteiger charge is -2.03. The van der Waals surface area contributed by atoms with Gasteiger partial charge in [0.15, 0.2) is 11.1 Å². The fourth-order valence-corrected chi connectivity index (χ4v) is 1.16. The number of nitrogens with two attached hydrogens (primary N) is 1. The molecule has 1 unspecified atom stereocenters. The molecule has 0 aliphatic rings. The zero-order valence-corrected chi connectivity index (χ0v) is 7.42. The maximum atomic E-state index is 10.2. The molecule has 0 bridgehead atoms. The van der Waals surface area contributed by atoms with Crippen LogP contribution in [0.2, 0.25) is 0 Å². The van der Waals surface area contributed by atoms with Crippen molar-refractivity contribution in [2.75, 3.05) is 5.75 Å². The van der Waals surface area contributed by atoms with Crippen LogP contribution in [-0.4, -0.2) is 31.6 Å². The van der Waals surface area contributed by atoms with Gasteiger partial charge in [0, 0.05) is 5.75 Å². The molecule has 0 aliphatic carbocycles. The van der Waals surface area contributed by atoms with E-state index < -0.39 is 23.1 Å². The van der Waals surface area contributed by atoms with Gasteiger partial charge < -0.3 is 15.4 Å². The first-order valence-corrected chi connectivity index (χ1v) is 4.87. The minimum absolute atomic E-state index is 0.187. The van der Waals surface area contributed by atoms with Gasteiger partial charge in [0.1, 0.15) is 6.04 Å². The molecular weight excluding hydrogens is 182 g/mol. The highest BCUT2D eigenvalue weighted by Gasteiger charge is 2.10. The van der Waals surface area contributed by atoms with Crippen LogP contribution in [0.5, 0.6) is 0 Å². The molecule has 0 aromatic rings. The van der Waals surface area contributed by atoms with Crippen molar-refractivity contribution in [3.8, 4) is 0 Å². The van der Waals surface area contributed by atoms with Gasteiger partial charge in [-0.25, -0.2) is 4.21 Å². The van der Waals surface area contributed by atoms with Crippen LogP contribution in [0, 0.1) is 0 Å². The highest BCUT2D eigenvalue weighted by atomic mass is 32.2. The average molecular weight is 195 g/mol. The number of carbonyl (C=O) groups is 1. The van der Waals surface area contributed by atoms with Crippen molar-refractivity contribution >= 4 is 17.0 Å². The average Bonchev–Trinajstić information content (AvgIpc) is 1.97. The Morgan fingerprint density at radius 3 is 2.50 bits per heavy atom. The van der Waals surface area contributed by atoms with E-state index >= 15 is 0 Å². The second-order valence-corrected chi connectivity index (χ2v) is 3.52. The van der Waals surface area contributed by atoms with Crippen molar-refractivity contribution in [3.05, 3.63) is 0 Å². The first kappa shape index (κ1) is 11.5. The predicted octanol–water partition coefficient (Wildman–Crippen LogP) is -0.210. The molecule has 0 heterocycles. The summed E-state index contributed by atoms with van der Waals surface area (Å²) in [5.74, 6) is -0.841. The van der Waals surface area contributed by atoms with Crippen LogP contribution in [0.15, 0.2) is 0 Å². The Bertz CT molecular complexity index is 173. The number of rotatable bonds is 6. The maximum absolute atomic E-state index is 10.2. The zero-order valence-electron chi connectivity index (χ0n) is 6.60. The van der Waals surface area contributed by atoms with Gasteiger partial charge in [-0.05, 0) is 12.8 Å². The van der Waals surface area contributed by atoms with E-state index in [1.165, 1.54) is 0 Å². The maximum Gasteiger partial charge on any atom is 0.320 e. The Balaban J connectivity index is 3.31. The third-order valence-electron chi connectivity index (χ3n) is 1.40. The smallest absolute Gasteiger partial charge is 0.320 e. The largest absolute Gasteiger partial charge is 0.480 e. The molecule has 0 aromatic carbocycles. The summed E-state index contributed by atoms with van der Waals surface area (Å²) in [5, 5.41) is 8.36. The van der Waals surface area contributed by atoms with Crippen LogP contribution in [0.3, 0.4) is 0 Å². The normalized spacial score (nSPS) is 15.5. The van der Waals surface area contributed by atoms with Gasteiger partial charge in [0.2, 0.25) is 0 Å². The first-order chi connectivity index (χ1) is 5.54. The summed E-state index contributed by atoms with van der Waals surface area (Å²) in [6.07, 6.45) is 1.45. The van der Waals surface area contributed by atoms with Crippen LogP contribution in [0.25, 0.3) is 0 Å². The minimum atomic E-state index is -1.78. The number of hydrogen-bond donors (Lipinski definition) is 3. The summed E-state index contributed by atoms with van der Waals surface area (Å²) in [4.78, 5) is 10.2. The predicted molar refractivity (Wildman–Crippen MR) is 45.1 cm³/mol. The third kappa shape index (κ3) is 6.26. The van der Waals surface area contributed by atoms with E-state index in [1.54, 1.807) is 0 Å². The molecular formula is C6H13NO4S. The quantitative estimate of drug-likeness (QED) is 0.402. The van der Waals surface area contributed by atoms with E-state index in [4.69, 9.17) is 15.4 Å². The highest BCUT2D eigenvalue weighted by molar-refractivity contribution is 7.79. The van der Waals surface area contributed by atoms with Gasteiger partial charge in [-0.2, -0.15) is 0 Å². The molecule has 0 saturated heterocycles. The summed E-state index contributed by atoms with van der Waals surface area (Å²) >= 11 is -1.78. The number of aliphatic carboxylic acids is 1. The summed E-state index contributed by atoms with van der Waals surface area (Å²) in [6.45, 7) is 0. The SMILES string of the molecule is N[C@@H](CCCCS(=O)O)C(=O)O. The Kier molecular flexibility index (Phi) is 5.87. The molecule has 0 rings (SSSR count). The standard InChI is InChI=1S/C6H13NO4S/c7-5(6(8)9)3-1-2-4-12(10)11/h5H,1-4,7H2,(H,8,9)(H,10,11)/t5-/m0/s1. The second-order valence-electron chi connectivity index (χ2n) is 2.47. The third-order valence-corrected chi connectivity index (χ3v) is 2.04. The van der Waals surface area contributed by atoms with E-state index in [0.717, 1.165) is 0 Å². The van der Waals surface area contributed by atoms with Gasteiger partial charge >= 0.3 is 5.97 Å². The van der Waals surface area contributed by atoms with E-state index in [2.05, 4.69) is 0 Å². The molecule has 72 valence electrons. The lowest BCUT2D eigenvalue weighted by atomic mass is 10.1. The summed E-state index contributed by atoms with van der Waals surface area (Å²) in [7, 11) is 0. The van der Waals surface area contributed by atoms with Crippen molar-refractivity contribution < 1.29 is 18.7 Å². The molecule has 6 heteroatoms. The molecule has 4 N–H and O–H groups in total. The van der Waals surface area contributed by atoms with Gasteiger partial charge in [-0.1, -0.05) is 6.42 Å². The Hall–Kier alpha value is -0.460. The zero-order chi connectivity index (χ0) is 9.56. The molecule has 0 amide bonds. The molecule has 0 fully saturated rings. The summed E-state index contributed by atoms with van der Waals surface area (Å²) < 4.78 is 18.5. The fourth-order valence-electron chi connectivity index (χ4n) is 0.713. The van der Waals surface area contributed by atoms with E-state index in [0.29, 0.717) is 19.3 Å². The second kappa shape index (κ2) is 6.10. The number of carboxylic acid groups (broad SMARTS) is 1. The molecule has 2 atom stereocenters. The van der Waals surface area contributed by atoms with Gasteiger partial charge in [-0.15, -0.1) is 0 Å². The number of carboxylic acids is 1. The first-order valence-electron chi connectivity index (χ1n) is 3.60. The van der Waals surface area contributed by atoms with Crippen molar-refractivity contribution in [1.82, 2.24) is 0 Å². The Labute approximate surface area is 73.2 Å². The fraction of sp³-hybridized carbons (Fsp3) is 0.833. The summed E-state index contributed by atoms with van der Waals surface area (Å²) in [6, 6.07) is -0.850. The minimum Gasteiger partial charge on any atom is -0.480 e. The monoisotopic (exact) mass is 195 g/mol. The number of unbranched alkanes of at least 4 members (excludes halogenated alkanes) is 1. The van der Waals surface area contributed by atoms with Crippen LogP contribution in [0.1, 0.15) is 19.3 Å². The van der Waals surface area contributed by atoms with Crippen LogP contribution < -0.4 is 5.73 Å². The number of hydrogen-bond acceptors (Lipinski definition) is 3. The van der Waals surface area contributed by atoms with E-state index in [9.17, 15) is 9.00 Å². The molecule has 0 aromatic heterocycles. The molecule has 0 spiro atoms. The van der Waals surface area contributed by atoms with Crippen LogP contribution in [-0.2, 0) is 15.9 Å². The van der Waals surface area contributed by atoms with E-state index in [1.807, 2.05) is 0 Å². The molecule has 0 saturated carbocycles. The topological polar surface area (TPSA) is 101 Å². The lowest BCUT2D eigenvalue weighted by molar-refractivity contribution is -0.138. The summed E-state index contributed by atoms with van der Waals surface area (Å²) in [5.41, 5.74) is 5.20. The van der Waals surface area contributed by atoms with Gasteiger partial charge in [0.25, 0.3) is 0 Å². The lowest BCUT2D eigenvalue weighted by Crippen LogP contribution is -2.29. The molecule has 12 heavy (non-hydrogen) atoms.